The highest BCUT2D eigenvalue weighted by atomic mass is 35.5. The second-order valence-corrected chi connectivity index (χ2v) is 7.85. The first-order valence-electron chi connectivity index (χ1n) is 7.02. The molecule has 5 nitrogen and oxygen atoms in total. The van der Waals surface area contributed by atoms with Crippen molar-refractivity contribution in [3.63, 3.8) is 0 Å². The van der Waals surface area contributed by atoms with Gasteiger partial charge >= 0.3 is 6.18 Å². The van der Waals surface area contributed by atoms with Crippen LogP contribution in [0.5, 0.6) is 0 Å². The summed E-state index contributed by atoms with van der Waals surface area (Å²) in [4.78, 5) is 10.3. The van der Waals surface area contributed by atoms with Crippen molar-refractivity contribution in [2.24, 2.45) is 7.05 Å². The van der Waals surface area contributed by atoms with Gasteiger partial charge in [0.25, 0.3) is 5.56 Å². The molecule has 26 heavy (non-hydrogen) atoms. The number of benzene rings is 1. The molecule has 0 fully saturated rings. The lowest BCUT2D eigenvalue weighted by atomic mass is 10.1. The molecule has 0 saturated heterocycles. The van der Waals surface area contributed by atoms with Gasteiger partial charge in [0.15, 0.2) is 0 Å². The summed E-state index contributed by atoms with van der Waals surface area (Å²) in [5.74, 6) is -1.43. The third-order valence-electron chi connectivity index (χ3n) is 3.66. The molecule has 0 amide bonds. The highest BCUT2D eigenvalue weighted by Gasteiger charge is 2.48. The monoisotopic (exact) mass is 412 g/mol. The van der Waals surface area contributed by atoms with E-state index in [1.807, 2.05) is 0 Å². The summed E-state index contributed by atoms with van der Waals surface area (Å²) in [5, 5.41) is 0.171. The molecule has 0 aliphatic heterocycles. The van der Waals surface area contributed by atoms with Crippen molar-refractivity contribution in [3.05, 3.63) is 63.3 Å². The van der Waals surface area contributed by atoms with Crippen LogP contribution in [0.3, 0.4) is 0 Å². The van der Waals surface area contributed by atoms with E-state index in [0.717, 1.165) is 23.7 Å². The van der Waals surface area contributed by atoms with Gasteiger partial charge in [0.05, 0.1) is 0 Å². The molecule has 2 rings (SSSR count). The van der Waals surface area contributed by atoms with Gasteiger partial charge in [-0.1, -0.05) is 23.7 Å². The van der Waals surface area contributed by atoms with Crippen molar-refractivity contribution >= 4 is 21.6 Å². The van der Waals surface area contributed by atoms with Gasteiger partial charge in [-0.15, -0.1) is 0 Å². The number of sulfonamides is 1. The Morgan fingerprint density at radius 1 is 1.19 bits per heavy atom. The average molecular weight is 413 g/mol. The SMILES string of the molecule is CN(C(c1ccc(Cl)cc1)C(F)(F)F)S(=O)(=O)c1cn(C)c(=O)cc1F. The Hall–Kier alpha value is -1.91. The summed E-state index contributed by atoms with van der Waals surface area (Å²) in [6, 6.07) is 2.26. The minimum Gasteiger partial charge on any atom is -0.317 e. The van der Waals surface area contributed by atoms with Crippen LogP contribution in [-0.4, -0.2) is 30.5 Å². The molecule has 1 unspecified atom stereocenters. The predicted molar refractivity (Wildman–Crippen MR) is 86.8 cm³/mol. The molecular weight excluding hydrogens is 400 g/mol. The van der Waals surface area contributed by atoms with Gasteiger partial charge in [0.1, 0.15) is 16.8 Å². The van der Waals surface area contributed by atoms with Crippen molar-refractivity contribution in [1.82, 2.24) is 8.87 Å². The first-order valence-corrected chi connectivity index (χ1v) is 8.84. The van der Waals surface area contributed by atoms with Crippen LogP contribution in [0, 0.1) is 5.82 Å². The number of aryl methyl sites for hydroxylation is 1. The summed E-state index contributed by atoms with van der Waals surface area (Å²) in [6.45, 7) is 0. The second-order valence-electron chi connectivity index (χ2n) is 5.45. The van der Waals surface area contributed by atoms with Crippen LogP contribution in [0.2, 0.25) is 5.02 Å². The van der Waals surface area contributed by atoms with Gasteiger partial charge in [-0.2, -0.15) is 17.5 Å². The molecule has 0 N–H and O–H groups in total. The zero-order chi connectivity index (χ0) is 19.9. The van der Waals surface area contributed by atoms with Crippen LogP contribution in [0.15, 0.2) is 46.2 Å². The van der Waals surface area contributed by atoms with E-state index in [2.05, 4.69) is 0 Å². The van der Waals surface area contributed by atoms with E-state index in [0.29, 0.717) is 19.3 Å². The van der Waals surface area contributed by atoms with Crippen LogP contribution in [-0.2, 0) is 17.1 Å². The van der Waals surface area contributed by atoms with Crippen molar-refractivity contribution in [2.45, 2.75) is 17.1 Å². The summed E-state index contributed by atoms with van der Waals surface area (Å²) in [7, 11) is -3.06. The predicted octanol–water partition coefficient (Wildman–Crippen LogP) is 3.10. The molecule has 11 heteroatoms. The van der Waals surface area contributed by atoms with Gasteiger partial charge in [-0.3, -0.25) is 4.79 Å². The first-order chi connectivity index (χ1) is 11.9. The maximum atomic E-state index is 14.0. The molecule has 0 saturated carbocycles. The Labute approximate surface area is 151 Å². The average Bonchev–Trinajstić information content (AvgIpc) is 2.51. The van der Waals surface area contributed by atoms with Crippen LogP contribution < -0.4 is 5.56 Å². The van der Waals surface area contributed by atoms with Crippen LogP contribution >= 0.6 is 11.6 Å². The highest BCUT2D eigenvalue weighted by molar-refractivity contribution is 7.89. The number of halogens is 5. The lowest BCUT2D eigenvalue weighted by molar-refractivity contribution is -0.171. The molecule has 1 aromatic carbocycles. The zero-order valence-corrected chi connectivity index (χ0v) is 15.0. The Morgan fingerprint density at radius 2 is 1.73 bits per heavy atom. The number of alkyl halides is 3. The molecule has 1 heterocycles. The Morgan fingerprint density at radius 3 is 2.23 bits per heavy atom. The summed E-state index contributed by atoms with van der Waals surface area (Å²) in [6.07, 6.45) is -4.34. The standard InChI is InChI=1S/C15H13ClF4N2O3S/c1-21-8-12(11(17)7-13(21)23)26(24,25)22(2)14(15(18,19)20)9-3-5-10(16)6-4-9/h3-8,14H,1-2H3. The van der Waals surface area contributed by atoms with Crippen LogP contribution in [0.4, 0.5) is 17.6 Å². The fourth-order valence-corrected chi connectivity index (χ4v) is 3.87. The van der Waals surface area contributed by atoms with E-state index < -0.39 is 44.1 Å². The number of rotatable bonds is 4. The summed E-state index contributed by atoms with van der Waals surface area (Å²) < 4.78 is 80.6. The Kier molecular flexibility index (Phi) is 5.50. The minimum atomic E-state index is -4.98. The summed E-state index contributed by atoms with van der Waals surface area (Å²) in [5.41, 5.74) is -1.23. The number of aromatic nitrogens is 1. The minimum absolute atomic E-state index is 0.0130. The molecule has 1 aromatic heterocycles. The van der Waals surface area contributed by atoms with Gasteiger partial charge in [0.2, 0.25) is 10.0 Å². The lowest BCUT2D eigenvalue weighted by Gasteiger charge is -2.29. The molecule has 2 aromatic rings. The van der Waals surface area contributed by atoms with E-state index in [1.54, 1.807) is 0 Å². The molecule has 0 bridgehead atoms. The Balaban J connectivity index is 2.61. The lowest BCUT2D eigenvalue weighted by Crippen LogP contribution is -2.40. The van der Waals surface area contributed by atoms with Crippen molar-refractivity contribution < 1.29 is 26.0 Å². The normalized spacial score (nSPS) is 13.8. The quantitative estimate of drug-likeness (QED) is 0.725. The number of hydrogen-bond acceptors (Lipinski definition) is 3. The molecular formula is C15H13ClF4N2O3S. The van der Waals surface area contributed by atoms with E-state index in [9.17, 15) is 30.8 Å². The van der Waals surface area contributed by atoms with Gasteiger partial charge in [-0.25, -0.2) is 12.8 Å². The van der Waals surface area contributed by atoms with Gasteiger partial charge < -0.3 is 4.57 Å². The Bertz CT molecular complexity index is 972. The molecule has 0 radical (unpaired) electrons. The van der Waals surface area contributed by atoms with Crippen molar-refractivity contribution in [1.29, 1.82) is 0 Å². The molecule has 142 valence electrons. The first kappa shape index (κ1) is 20.4. The van der Waals surface area contributed by atoms with Crippen molar-refractivity contribution in [2.75, 3.05) is 7.05 Å². The molecule has 0 spiro atoms. The highest BCUT2D eigenvalue weighted by Crippen LogP contribution is 2.40. The van der Waals surface area contributed by atoms with Crippen molar-refractivity contribution in [3.8, 4) is 0 Å². The fraction of sp³-hybridized carbons (Fsp3) is 0.267. The third kappa shape index (κ3) is 3.92. The third-order valence-corrected chi connectivity index (χ3v) is 5.74. The van der Waals surface area contributed by atoms with Gasteiger partial charge in [-0.05, 0) is 17.7 Å². The fourth-order valence-electron chi connectivity index (χ4n) is 2.32. The maximum absolute atomic E-state index is 14.0. The van der Waals surface area contributed by atoms with E-state index in [1.165, 1.54) is 12.1 Å². The van der Waals surface area contributed by atoms with E-state index in [-0.39, 0.29) is 9.33 Å². The largest absolute Gasteiger partial charge is 0.409 e. The molecule has 1 atom stereocenters. The second kappa shape index (κ2) is 7.01. The smallest absolute Gasteiger partial charge is 0.317 e. The van der Waals surface area contributed by atoms with Crippen LogP contribution in [0.25, 0.3) is 0 Å². The molecule has 0 aliphatic carbocycles. The van der Waals surface area contributed by atoms with E-state index in [4.69, 9.17) is 11.6 Å². The number of hydrogen-bond donors (Lipinski definition) is 0. The number of pyridine rings is 1. The molecule has 0 aliphatic rings. The summed E-state index contributed by atoms with van der Waals surface area (Å²) >= 11 is 5.65. The zero-order valence-electron chi connectivity index (χ0n) is 13.5. The topological polar surface area (TPSA) is 59.4 Å². The van der Waals surface area contributed by atoms with Gasteiger partial charge in [0, 0.05) is 31.4 Å². The number of nitrogens with zero attached hydrogens (tertiary/aromatic N) is 2. The van der Waals surface area contributed by atoms with E-state index >= 15 is 0 Å². The van der Waals surface area contributed by atoms with Crippen LogP contribution in [0.1, 0.15) is 11.6 Å². The maximum Gasteiger partial charge on any atom is 0.409 e.